The highest BCUT2D eigenvalue weighted by atomic mass is 35.5. The van der Waals surface area contributed by atoms with Crippen LogP contribution in [0.1, 0.15) is 24.7 Å². The number of aliphatic hydroxyl groups excluding tert-OH is 1. The van der Waals surface area contributed by atoms with Crippen molar-refractivity contribution in [3.8, 4) is 17.1 Å². The molecule has 16 heteroatoms. The van der Waals surface area contributed by atoms with E-state index < -0.39 is 42.2 Å². The number of rotatable bonds is 8. The maximum Gasteiger partial charge on any atom is 0.416 e. The van der Waals surface area contributed by atoms with Crippen molar-refractivity contribution < 1.29 is 27.6 Å². The van der Waals surface area contributed by atoms with Crippen LogP contribution in [-0.4, -0.2) is 51.4 Å². The minimum absolute atomic E-state index is 0.0798. The smallest absolute Gasteiger partial charge is 0.382 e. The molecule has 11 nitrogen and oxygen atoms in total. The molecule has 0 spiro atoms. The molecule has 0 radical (unpaired) electrons. The number of para-hydroxylation sites is 2. The van der Waals surface area contributed by atoms with Crippen LogP contribution in [0.3, 0.4) is 0 Å². The molecule has 200 valence electrons. The predicted molar refractivity (Wildman–Crippen MR) is 126 cm³/mol. The van der Waals surface area contributed by atoms with Crippen molar-refractivity contribution in [2.24, 2.45) is 0 Å². The second-order valence-electron chi connectivity index (χ2n) is 8.10. The standard InChI is InChI=1S/C22H18ClF4N7O4/c1-12(24)19-28-18(29-33(19)15-4-2-3-5-16(15)34(37)38)11-32-21(36)31(10-17(35)22(25,26)27)20(30-32)13-6-8-14(23)9-7-13/h2-9,12,17,35H,10-11H2,1H3. The summed E-state index contributed by atoms with van der Waals surface area (Å²) in [4.78, 5) is 27.9. The van der Waals surface area contributed by atoms with Crippen LogP contribution >= 0.6 is 11.6 Å². The number of benzene rings is 2. The fourth-order valence-electron chi connectivity index (χ4n) is 3.60. The number of hydrogen-bond acceptors (Lipinski definition) is 7. The summed E-state index contributed by atoms with van der Waals surface area (Å²) in [6.07, 6.45) is -9.59. The van der Waals surface area contributed by atoms with Crippen molar-refractivity contribution in [3.05, 3.63) is 85.8 Å². The third-order valence-electron chi connectivity index (χ3n) is 5.39. The predicted octanol–water partition coefficient (Wildman–Crippen LogP) is 3.86. The number of alkyl halides is 4. The summed E-state index contributed by atoms with van der Waals surface area (Å²) in [5.41, 5.74) is -1.26. The SMILES string of the molecule is CC(F)c1nc(Cn2nc(-c3ccc(Cl)cc3)n(CC(O)C(F)(F)F)c2=O)nn1-c1ccccc1[N+](=O)[O-]. The molecule has 0 bridgehead atoms. The van der Waals surface area contributed by atoms with E-state index in [1.54, 1.807) is 0 Å². The molecule has 2 atom stereocenters. The van der Waals surface area contributed by atoms with Crippen LogP contribution in [-0.2, 0) is 13.1 Å². The van der Waals surface area contributed by atoms with Gasteiger partial charge in [0.15, 0.2) is 29.7 Å². The monoisotopic (exact) mass is 555 g/mol. The first-order chi connectivity index (χ1) is 17.9. The van der Waals surface area contributed by atoms with Crippen molar-refractivity contribution in [2.45, 2.75) is 38.5 Å². The lowest BCUT2D eigenvalue weighted by Gasteiger charge is -2.15. The lowest BCUT2D eigenvalue weighted by molar-refractivity contribution is -0.384. The maximum atomic E-state index is 14.4. The Labute approximate surface area is 215 Å². The maximum absolute atomic E-state index is 14.4. The summed E-state index contributed by atoms with van der Waals surface area (Å²) in [6.45, 7) is -0.524. The molecular formula is C22H18ClF4N7O4. The highest BCUT2D eigenvalue weighted by Crippen LogP contribution is 2.27. The summed E-state index contributed by atoms with van der Waals surface area (Å²) < 4.78 is 55.9. The number of hydrogen-bond donors (Lipinski definition) is 1. The van der Waals surface area contributed by atoms with E-state index in [2.05, 4.69) is 15.2 Å². The number of nitro groups is 1. The van der Waals surface area contributed by atoms with E-state index in [-0.39, 0.29) is 34.4 Å². The van der Waals surface area contributed by atoms with Crippen molar-refractivity contribution in [2.75, 3.05) is 0 Å². The first-order valence-electron chi connectivity index (χ1n) is 10.9. The van der Waals surface area contributed by atoms with Crippen LogP contribution in [0.4, 0.5) is 23.2 Å². The lowest BCUT2D eigenvalue weighted by atomic mass is 10.2. The van der Waals surface area contributed by atoms with Gasteiger partial charge in [0.2, 0.25) is 0 Å². The lowest BCUT2D eigenvalue weighted by Crippen LogP contribution is -2.37. The Morgan fingerprint density at radius 2 is 1.79 bits per heavy atom. The van der Waals surface area contributed by atoms with Gasteiger partial charge in [0.25, 0.3) is 5.69 Å². The number of aliphatic hydroxyl groups is 1. The summed E-state index contributed by atoms with van der Waals surface area (Å²) in [5, 5.41) is 29.6. The Bertz CT molecular complexity index is 1530. The first-order valence-corrected chi connectivity index (χ1v) is 11.3. The Kier molecular flexibility index (Phi) is 7.33. The molecule has 0 saturated carbocycles. The van der Waals surface area contributed by atoms with Gasteiger partial charge < -0.3 is 5.11 Å². The van der Waals surface area contributed by atoms with Crippen molar-refractivity contribution in [1.82, 2.24) is 29.1 Å². The highest BCUT2D eigenvalue weighted by molar-refractivity contribution is 6.30. The molecule has 0 fully saturated rings. The van der Waals surface area contributed by atoms with E-state index in [1.165, 1.54) is 48.5 Å². The van der Waals surface area contributed by atoms with Crippen LogP contribution in [0.2, 0.25) is 5.02 Å². The minimum Gasteiger partial charge on any atom is -0.382 e. The molecule has 0 aliphatic heterocycles. The Hall–Kier alpha value is -4.11. The summed E-state index contributed by atoms with van der Waals surface area (Å²) in [7, 11) is 0. The fourth-order valence-corrected chi connectivity index (χ4v) is 3.73. The highest BCUT2D eigenvalue weighted by Gasteiger charge is 2.39. The molecule has 4 rings (SSSR count). The summed E-state index contributed by atoms with van der Waals surface area (Å²) in [6, 6.07) is 11.2. The third kappa shape index (κ3) is 5.43. The number of aromatic nitrogens is 6. The average molecular weight is 556 g/mol. The van der Waals surface area contributed by atoms with Gasteiger partial charge in [-0.25, -0.2) is 23.5 Å². The fraction of sp³-hybridized carbons (Fsp3) is 0.273. The number of nitro benzene ring substituents is 1. The minimum atomic E-state index is -5.00. The molecular weight excluding hydrogens is 538 g/mol. The molecule has 2 unspecified atom stereocenters. The van der Waals surface area contributed by atoms with E-state index in [9.17, 15) is 37.6 Å². The van der Waals surface area contributed by atoms with Crippen LogP contribution in [0.5, 0.6) is 0 Å². The molecule has 0 saturated heterocycles. The summed E-state index contributed by atoms with van der Waals surface area (Å²) >= 11 is 5.88. The van der Waals surface area contributed by atoms with Crippen LogP contribution in [0.25, 0.3) is 17.1 Å². The summed E-state index contributed by atoms with van der Waals surface area (Å²) in [5.74, 6) is -0.687. The Morgan fingerprint density at radius 3 is 2.39 bits per heavy atom. The Morgan fingerprint density at radius 1 is 1.13 bits per heavy atom. The van der Waals surface area contributed by atoms with Gasteiger partial charge in [0, 0.05) is 16.7 Å². The molecule has 2 aromatic carbocycles. The largest absolute Gasteiger partial charge is 0.416 e. The van der Waals surface area contributed by atoms with Gasteiger partial charge in [-0.3, -0.25) is 14.7 Å². The second-order valence-corrected chi connectivity index (χ2v) is 8.54. The molecule has 2 aromatic heterocycles. The van der Waals surface area contributed by atoms with Crippen LogP contribution in [0.15, 0.2) is 53.3 Å². The topological polar surface area (TPSA) is 134 Å². The zero-order chi connectivity index (χ0) is 27.8. The molecule has 38 heavy (non-hydrogen) atoms. The van der Waals surface area contributed by atoms with Crippen LogP contribution in [0, 0.1) is 10.1 Å². The van der Waals surface area contributed by atoms with Crippen LogP contribution < -0.4 is 5.69 Å². The van der Waals surface area contributed by atoms with E-state index in [0.29, 0.717) is 9.59 Å². The van der Waals surface area contributed by atoms with E-state index in [0.717, 1.165) is 16.3 Å². The molecule has 0 aliphatic rings. The van der Waals surface area contributed by atoms with Gasteiger partial charge in [-0.2, -0.15) is 13.2 Å². The second kappa shape index (κ2) is 10.3. The van der Waals surface area contributed by atoms with Crippen molar-refractivity contribution in [1.29, 1.82) is 0 Å². The number of nitrogens with zero attached hydrogens (tertiary/aromatic N) is 7. The number of halogens is 5. The molecule has 0 amide bonds. The molecule has 4 aromatic rings. The van der Waals surface area contributed by atoms with Crippen molar-refractivity contribution >= 4 is 17.3 Å². The van der Waals surface area contributed by atoms with E-state index >= 15 is 0 Å². The van der Waals surface area contributed by atoms with Gasteiger partial charge in [-0.1, -0.05) is 23.7 Å². The molecule has 2 heterocycles. The molecule has 0 aliphatic carbocycles. The van der Waals surface area contributed by atoms with E-state index in [1.807, 2.05) is 0 Å². The van der Waals surface area contributed by atoms with Gasteiger partial charge in [-0.15, -0.1) is 10.2 Å². The third-order valence-corrected chi connectivity index (χ3v) is 5.64. The zero-order valence-corrected chi connectivity index (χ0v) is 20.1. The van der Waals surface area contributed by atoms with Gasteiger partial charge in [0.05, 0.1) is 11.5 Å². The zero-order valence-electron chi connectivity index (χ0n) is 19.4. The normalized spacial score (nSPS) is 13.4. The van der Waals surface area contributed by atoms with Gasteiger partial charge >= 0.3 is 11.9 Å². The van der Waals surface area contributed by atoms with E-state index in [4.69, 9.17) is 11.6 Å². The Balaban J connectivity index is 1.79. The quantitative estimate of drug-likeness (QED) is 0.198. The van der Waals surface area contributed by atoms with Crippen molar-refractivity contribution in [3.63, 3.8) is 0 Å². The van der Waals surface area contributed by atoms with Gasteiger partial charge in [-0.05, 0) is 37.3 Å². The average Bonchev–Trinajstić information content (AvgIpc) is 3.41. The molecule has 1 N–H and O–H groups in total. The first kappa shape index (κ1) is 26.9. The van der Waals surface area contributed by atoms with Gasteiger partial charge in [0.1, 0.15) is 12.2 Å².